The zero-order valence-corrected chi connectivity index (χ0v) is 11.4. The molecular weight excluding hydrogens is 214 g/mol. The maximum atomic E-state index is 12.1. The minimum Gasteiger partial charge on any atom is -0.352 e. The molecule has 0 spiro atoms. The third kappa shape index (κ3) is 4.28. The molecule has 1 aliphatic rings. The summed E-state index contributed by atoms with van der Waals surface area (Å²) in [6.45, 7) is 7.74. The highest BCUT2D eigenvalue weighted by molar-refractivity contribution is 5.81. The third-order valence-corrected chi connectivity index (χ3v) is 3.60. The van der Waals surface area contributed by atoms with Crippen molar-refractivity contribution in [3.8, 4) is 0 Å². The van der Waals surface area contributed by atoms with Crippen molar-refractivity contribution in [2.24, 2.45) is 5.73 Å². The van der Waals surface area contributed by atoms with Gasteiger partial charge in [0.25, 0.3) is 0 Å². The topological polar surface area (TPSA) is 58.4 Å². The van der Waals surface area contributed by atoms with Crippen molar-refractivity contribution < 1.29 is 4.79 Å². The lowest BCUT2D eigenvalue weighted by Gasteiger charge is -2.34. The number of nitrogens with zero attached hydrogens (tertiary/aromatic N) is 1. The van der Waals surface area contributed by atoms with Gasteiger partial charge in [0, 0.05) is 25.2 Å². The Bertz CT molecular complexity index is 237. The number of hydrogen-bond donors (Lipinski definition) is 2. The number of nitrogens with two attached hydrogens (primary N) is 1. The number of amides is 1. The second-order valence-electron chi connectivity index (χ2n) is 4.96. The lowest BCUT2D eigenvalue weighted by atomic mass is 10.1. The van der Waals surface area contributed by atoms with Gasteiger partial charge in [-0.05, 0) is 32.6 Å². The van der Waals surface area contributed by atoms with Crippen molar-refractivity contribution >= 4 is 5.91 Å². The van der Waals surface area contributed by atoms with Crippen LogP contribution in [0.5, 0.6) is 0 Å². The Hall–Kier alpha value is -0.610. The molecule has 0 saturated heterocycles. The summed E-state index contributed by atoms with van der Waals surface area (Å²) in [5, 5.41) is 3.07. The monoisotopic (exact) mass is 241 g/mol. The van der Waals surface area contributed by atoms with Crippen molar-refractivity contribution in [2.75, 3.05) is 13.1 Å². The number of carbonyl (C=O) groups excluding carboxylic acids is 1. The van der Waals surface area contributed by atoms with Crippen LogP contribution in [0.4, 0.5) is 0 Å². The number of rotatable bonds is 8. The molecule has 4 nitrogen and oxygen atoms in total. The Morgan fingerprint density at radius 3 is 2.41 bits per heavy atom. The van der Waals surface area contributed by atoms with Crippen molar-refractivity contribution in [3.05, 3.63) is 0 Å². The summed E-state index contributed by atoms with van der Waals surface area (Å²) in [5.41, 5.74) is 5.65. The summed E-state index contributed by atoms with van der Waals surface area (Å²) in [6, 6.07) is 0.828. The van der Waals surface area contributed by atoms with Gasteiger partial charge in [-0.25, -0.2) is 0 Å². The Kier molecular flexibility index (Phi) is 5.92. The van der Waals surface area contributed by atoms with Gasteiger partial charge < -0.3 is 11.1 Å². The maximum Gasteiger partial charge on any atom is 0.237 e. The predicted octanol–water partition coefficient (Wildman–Crippen LogP) is 1.10. The summed E-state index contributed by atoms with van der Waals surface area (Å²) in [7, 11) is 0. The van der Waals surface area contributed by atoms with Gasteiger partial charge >= 0.3 is 0 Å². The van der Waals surface area contributed by atoms with Gasteiger partial charge in [0.1, 0.15) is 0 Å². The van der Waals surface area contributed by atoms with E-state index in [1.165, 1.54) is 0 Å². The minimum absolute atomic E-state index is 0.0657. The van der Waals surface area contributed by atoms with Crippen LogP contribution in [0.25, 0.3) is 0 Å². The van der Waals surface area contributed by atoms with E-state index >= 15 is 0 Å². The molecule has 1 atom stereocenters. The molecule has 0 radical (unpaired) electrons. The summed E-state index contributed by atoms with van der Waals surface area (Å²) >= 11 is 0. The van der Waals surface area contributed by atoms with Gasteiger partial charge in [-0.15, -0.1) is 0 Å². The van der Waals surface area contributed by atoms with E-state index < -0.39 is 0 Å². The highest BCUT2D eigenvalue weighted by atomic mass is 16.2. The summed E-state index contributed by atoms with van der Waals surface area (Å²) in [6.07, 6.45) is 4.41. The Morgan fingerprint density at radius 2 is 2.00 bits per heavy atom. The Labute approximate surface area is 105 Å². The van der Waals surface area contributed by atoms with E-state index in [1.807, 2.05) is 6.92 Å². The van der Waals surface area contributed by atoms with E-state index in [1.54, 1.807) is 0 Å². The van der Waals surface area contributed by atoms with Crippen molar-refractivity contribution in [3.63, 3.8) is 0 Å². The van der Waals surface area contributed by atoms with Gasteiger partial charge in [-0.3, -0.25) is 9.69 Å². The molecule has 0 heterocycles. The standard InChI is InChI=1S/C13H27N3O/c1-4-12(5-2)16(9-8-14)10(3)13(17)15-11-6-7-11/h10-12H,4-9,14H2,1-3H3,(H,15,17). The number of nitrogens with one attached hydrogen (secondary N) is 1. The largest absolute Gasteiger partial charge is 0.352 e. The van der Waals surface area contributed by atoms with Crippen molar-refractivity contribution in [1.82, 2.24) is 10.2 Å². The van der Waals surface area contributed by atoms with Crippen LogP contribution in [0, 0.1) is 0 Å². The first-order valence-electron chi connectivity index (χ1n) is 6.90. The van der Waals surface area contributed by atoms with Gasteiger partial charge in [0.15, 0.2) is 0 Å². The number of carbonyl (C=O) groups is 1. The highest BCUT2D eigenvalue weighted by Gasteiger charge is 2.30. The maximum absolute atomic E-state index is 12.1. The highest BCUT2D eigenvalue weighted by Crippen LogP contribution is 2.20. The molecule has 0 aromatic carbocycles. The molecule has 0 aromatic rings. The fourth-order valence-electron chi connectivity index (χ4n) is 2.30. The zero-order chi connectivity index (χ0) is 12.8. The Morgan fingerprint density at radius 1 is 1.41 bits per heavy atom. The van der Waals surface area contributed by atoms with Crippen LogP contribution in [0.2, 0.25) is 0 Å². The van der Waals surface area contributed by atoms with Crippen LogP contribution in [-0.2, 0) is 4.79 Å². The molecule has 1 aliphatic carbocycles. The molecular formula is C13H27N3O. The summed E-state index contributed by atoms with van der Waals surface area (Å²) in [5.74, 6) is 0.160. The molecule has 1 saturated carbocycles. The fourth-order valence-corrected chi connectivity index (χ4v) is 2.30. The molecule has 0 bridgehead atoms. The molecule has 100 valence electrons. The van der Waals surface area contributed by atoms with Crippen molar-refractivity contribution in [1.29, 1.82) is 0 Å². The average molecular weight is 241 g/mol. The molecule has 3 N–H and O–H groups in total. The SMILES string of the molecule is CCC(CC)N(CCN)C(C)C(=O)NC1CC1. The number of hydrogen-bond acceptors (Lipinski definition) is 3. The molecule has 1 fully saturated rings. The van der Waals surface area contributed by atoms with E-state index in [0.717, 1.165) is 32.2 Å². The quantitative estimate of drug-likeness (QED) is 0.669. The second kappa shape index (κ2) is 6.97. The van der Waals surface area contributed by atoms with Crippen LogP contribution < -0.4 is 11.1 Å². The van der Waals surface area contributed by atoms with Crippen LogP contribution >= 0.6 is 0 Å². The predicted molar refractivity (Wildman–Crippen MR) is 70.8 cm³/mol. The summed E-state index contributed by atoms with van der Waals surface area (Å²) in [4.78, 5) is 14.3. The van der Waals surface area contributed by atoms with Crippen LogP contribution in [0.15, 0.2) is 0 Å². The molecule has 1 amide bonds. The van der Waals surface area contributed by atoms with Crippen LogP contribution in [0.1, 0.15) is 46.5 Å². The zero-order valence-electron chi connectivity index (χ0n) is 11.4. The average Bonchev–Trinajstić information content (AvgIpc) is 3.12. The lowest BCUT2D eigenvalue weighted by molar-refractivity contribution is -0.127. The smallest absolute Gasteiger partial charge is 0.237 e. The van der Waals surface area contributed by atoms with Gasteiger partial charge in [-0.2, -0.15) is 0 Å². The van der Waals surface area contributed by atoms with Crippen molar-refractivity contribution in [2.45, 2.75) is 64.6 Å². The van der Waals surface area contributed by atoms with Gasteiger partial charge in [-0.1, -0.05) is 13.8 Å². The first-order chi connectivity index (χ1) is 8.13. The Balaban J connectivity index is 2.56. The molecule has 1 rings (SSSR count). The van der Waals surface area contributed by atoms with E-state index in [9.17, 15) is 4.79 Å². The normalized spacial score (nSPS) is 17.5. The van der Waals surface area contributed by atoms with Gasteiger partial charge in [0.2, 0.25) is 5.91 Å². The molecule has 0 aromatic heterocycles. The minimum atomic E-state index is -0.0657. The van der Waals surface area contributed by atoms with E-state index in [4.69, 9.17) is 5.73 Å². The van der Waals surface area contributed by atoms with E-state index in [0.29, 0.717) is 18.6 Å². The first kappa shape index (κ1) is 14.5. The fraction of sp³-hybridized carbons (Fsp3) is 0.923. The lowest BCUT2D eigenvalue weighted by Crippen LogP contribution is -2.51. The molecule has 4 heteroatoms. The van der Waals surface area contributed by atoms with Gasteiger partial charge in [0.05, 0.1) is 6.04 Å². The van der Waals surface area contributed by atoms with E-state index in [-0.39, 0.29) is 11.9 Å². The third-order valence-electron chi connectivity index (χ3n) is 3.60. The van der Waals surface area contributed by atoms with Crippen LogP contribution in [-0.4, -0.2) is 42.0 Å². The van der Waals surface area contributed by atoms with Crippen LogP contribution in [0.3, 0.4) is 0 Å². The molecule has 17 heavy (non-hydrogen) atoms. The first-order valence-corrected chi connectivity index (χ1v) is 6.90. The molecule has 1 unspecified atom stereocenters. The van der Waals surface area contributed by atoms with E-state index in [2.05, 4.69) is 24.1 Å². The summed E-state index contributed by atoms with van der Waals surface area (Å²) < 4.78 is 0. The molecule has 0 aliphatic heterocycles. The second-order valence-corrected chi connectivity index (χ2v) is 4.96.